The third-order valence-electron chi connectivity index (χ3n) is 1.60. The van der Waals surface area contributed by atoms with Crippen molar-refractivity contribution in [1.29, 1.82) is 0 Å². The van der Waals surface area contributed by atoms with Gasteiger partial charge in [-0.1, -0.05) is 18.5 Å². The second kappa shape index (κ2) is 5.40. The van der Waals surface area contributed by atoms with E-state index in [1.54, 1.807) is 11.8 Å². The van der Waals surface area contributed by atoms with E-state index in [1.165, 1.54) is 0 Å². The first-order valence-corrected chi connectivity index (χ1v) is 5.84. The van der Waals surface area contributed by atoms with Gasteiger partial charge < -0.3 is 4.74 Å². The zero-order valence-electron chi connectivity index (χ0n) is 7.84. The molecule has 0 fully saturated rings. The molecule has 0 aromatic heterocycles. The summed E-state index contributed by atoms with van der Waals surface area (Å²) < 4.78 is 5.44. The van der Waals surface area contributed by atoms with Gasteiger partial charge in [0.1, 0.15) is 5.75 Å². The predicted molar refractivity (Wildman–Crippen MR) is 59.0 cm³/mol. The number of hydrogen-bond donors (Lipinski definition) is 0. The number of halogens is 1. The number of rotatable bonds is 4. The zero-order valence-corrected chi connectivity index (χ0v) is 9.41. The molecule has 0 unspecified atom stereocenters. The zero-order chi connectivity index (χ0) is 9.68. The van der Waals surface area contributed by atoms with Gasteiger partial charge in [0, 0.05) is 4.90 Å². The van der Waals surface area contributed by atoms with Crippen LogP contribution >= 0.6 is 23.4 Å². The van der Waals surface area contributed by atoms with Gasteiger partial charge >= 0.3 is 0 Å². The molecule has 1 aromatic carbocycles. The van der Waals surface area contributed by atoms with Crippen LogP contribution < -0.4 is 4.74 Å². The maximum atomic E-state index is 6.01. The highest BCUT2D eigenvalue weighted by Crippen LogP contribution is 2.28. The molecule has 0 aliphatic carbocycles. The van der Waals surface area contributed by atoms with Crippen molar-refractivity contribution < 1.29 is 4.74 Å². The first-order chi connectivity index (χ1) is 6.27. The molecule has 0 saturated carbocycles. The highest BCUT2D eigenvalue weighted by atomic mass is 35.5. The lowest BCUT2D eigenvalue weighted by atomic mass is 10.3. The van der Waals surface area contributed by atoms with Crippen LogP contribution in [0.2, 0.25) is 5.02 Å². The van der Waals surface area contributed by atoms with E-state index < -0.39 is 0 Å². The molecule has 0 spiro atoms. The Hall–Kier alpha value is -0.340. The highest BCUT2D eigenvalue weighted by molar-refractivity contribution is 7.98. The van der Waals surface area contributed by atoms with Crippen molar-refractivity contribution in [2.75, 3.05) is 12.9 Å². The lowest BCUT2D eigenvalue weighted by Gasteiger charge is -2.07. The fourth-order valence-electron chi connectivity index (χ4n) is 0.938. The normalized spacial score (nSPS) is 10.1. The van der Waals surface area contributed by atoms with Crippen LogP contribution in [0.5, 0.6) is 5.75 Å². The predicted octanol–water partition coefficient (Wildman–Crippen LogP) is 3.85. The van der Waals surface area contributed by atoms with Crippen molar-refractivity contribution in [3.05, 3.63) is 23.2 Å². The molecule has 0 amide bonds. The lowest BCUT2D eigenvalue weighted by molar-refractivity contribution is 0.317. The van der Waals surface area contributed by atoms with Crippen LogP contribution in [0.15, 0.2) is 23.1 Å². The van der Waals surface area contributed by atoms with Gasteiger partial charge in [-0.25, -0.2) is 0 Å². The molecule has 0 heterocycles. The SMILES string of the molecule is CCCOc1ccc(SC)cc1Cl. The van der Waals surface area contributed by atoms with Gasteiger partial charge in [0.05, 0.1) is 11.6 Å². The molecule has 1 aromatic rings. The molecule has 0 N–H and O–H groups in total. The molecule has 13 heavy (non-hydrogen) atoms. The van der Waals surface area contributed by atoms with Crippen molar-refractivity contribution in [1.82, 2.24) is 0 Å². The molecular weight excluding hydrogens is 204 g/mol. The van der Waals surface area contributed by atoms with Crippen LogP contribution in [-0.2, 0) is 0 Å². The number of thioether (sulfide) groups is 1. The highest BCUT2D eigenvalue weighted by Gasteiger charge is 2.01. The topological polar surface area (TPSA) is 9.23 Å². The molecule has 1 rings (SSSR count). The smallest absolute Gasteiger partial charge is 0.137 e. The van der Waals surface area contributed by atoms with E-state index in [0.29, 0.717) is 5.02 Å². The molecule has 1 nitrogen and oxygen atoms in total. The van der Waals surface area contributed by atoms with E-state index in [1.807, 2.05) is 24.5 Å². The van der Waals surface area contributed by atoms with Crippen LogP contribution in [0.25, 0.3) is 0 Å². The minimum absolute atomic E-state index is 0.695. The van der Waals surface area contributed by atoms with Crippen LogP contribution in [0.3, 0.4) is 0 Å². The summed E-state index contributed by atoms with van der Waals surface area (Å²) in [5, 5.41) is 0.695. The van der Waals surface area contributed by atoms with Gasteiger partial charge in [0.15, 0.2) is 0 Å². The standard InChI is InChI=1S/C10H13ClOS/c1-3-6-12-10-5-4-8(13-2)7-9(10)11/h4-5,7H,3,6H2,1-2H3. The molecule has 0 aliphatic heterocycles. The second-order valence-corrected chi connectivity index (χ2v) is 3.93. The summed E-state index contributed by atoms with van der Waals surface area (Å²) in [7, 11) is 0. The quantitative estimate of drug-likeness (QED) is 0.708. The Kier molecular flexibility index (Phi) is 4.46. The number of hydrogen-bond acceptors (Lipinski definition) is 2. The number of benzene rings is 1. The molecule has 3 heteroatoms. The van der Waals surface area contributed by atoms with E-state index in [2.05, 4.69) is 6.92 Å². The number of ether oxygens (including phenoxy) is 1. The van der Waals surface area contributed by atoms with E-state index >= 15 is 0 Å². The third-order valence-corrected chi connectivity index (χ3v) is 2.62. The van der Waals surface area contributed by atoms with Crippen molar-refractivity contribution >= 4 is 23.4 Å². The van der Waals surface area contributed by atoms with E-state index in [0.717, 1.165) is 23.7 Å². The Bertz CT molecular complexity index is 276. The summed E-state index contributed by atoms with van der Waals surface area (Å²) in [6, 6.07) is 5.86. The summed E-state index contributed by atoms with van der Waals surface area (Å²) >= 11 is 7.68. The summed E-state index contributed by atoms with van der Waals surface area (Å²) in [6.45, 7) is 2.79. The average molecular weight is 217 g/mol. The van der Waals surface area contributed by atoms with Gasteiger partial charge in [-0.3, -0.25) is 0 Å². The molecular formula is C10H13ClOS. The van der Waals surface area contributed by atoms with Crippen molar-refractivity contribution in [2.24, 2.45) is 0 Å². The summed E-state index contributed by atoms with van der Waals surface area (Å²) in [4.78, 5) is 1.16. The maximum Gasteiger partial charge on any atom is 0.137 e. The summed E-state index contributed by atoms with van der Waals surface area (Å²) in [6.07, 6.45) is 3.03. The van der Waals surface area contributed by atoms with Crippen molar-refractivity contribution in [2.45, 2.75) is 18.2 Å². The van der Waals surface area contributed by atoms with Gasteiger partial charge in [0.25, 0.3) is 0 Å². The molecule has 0 radical (unpaired) electrons. The van der Waals surface area contributed by atoms with Gasteiger partial charge in [0.2, 0.25) is 0 Å². The fourth-order valence-corrected chi connectivity index (χ4v) is 1.68. The second-order valence-electron chi connectivity index (χ2n) is 2.64. The van der Waals surface area contributed by atoms with E-state index in [9.17, 15) is 0 Å². The van der Waals surface area contributed by atoms with Crippen LogP contribution in [-0.4, -0.2) is 12.9 Å². The van der Waals surface area contributed by atoms with Gasteiger partial charge in [-0.15, -0.1) is 11.8 Å². The molecule has 0 atom stereocenters. The average Bonchev–Trinajstić information content (AvgIpc) is 2.16. The Labute approximate surface area is 88.4 Å². The van der Waals surface area contributed by atoms with Gasteiger partial charge in [-0.05, 0) is 30.9 Å². The first kappa shape index (κ1) is 10.7. The Balaban J connectivity index is 2.73. The molecule has 0 bridgehead atoms. The summed E-state index contributed by atoms with van der Waals surface area (Å²) in [5.74, 6) is 0.779. The van der Waals surface area contributed by atoms with Crippen LogP contribution in [0.4, 0.5) is 0 Å². The van der Waals surface area contributed by atoms with Crippen molar-refractivity contribution in [3.8, 4) is 5.75 Å². The Morgan fingerprint density at radius 1 is 1.46 bits per heavy atom. The van der Waals surface area contributed by atoms with Gasteiger partial charge in [-0.2, -0.15) is 0 Å². The Morgan fingerprint density at radius 2 is 2.23 bits per heavy atom. The Morgan fingerprint density at radius 3 is 2.77 bits per heavy atom. The largest absolute Gasteiger partial charge is 0.492 e. The molecule has 72 valence electrons. The third kappa shape index (κ3) is 3.12. The fraction of sp³-hybridized carbons (Fsp3) is 0.400. The van der Waals surface area contributed by atoms with E-state index in [-0.39, 0.29) is 0 Å². The van der Waals surface area contributed by atoms with Crippen LogP contribution in [0.1, 0.15) is 13.3 Å². The minimum atomic E-state index is 0.695. The summed E-state index contributed by atoms with van der Waals surface area (Å²) in [5.41, 5.74) is 0. The molecule has 0 aliphatic rings. The maximum absolute atomic E-state index is 6.01. The van der Waals surface area contributed by atoms with Crippen LogP contribution in [0, 0.1) is 0 Å². The monoisotopic (exact) mass is 216 g/mol. The van der Waals surface area contributed by atoms with E-state index in [4.69, 9.17) is 16.3 Å². The molecule has 0 saturated heterocycles. The minimum Gasteiger partial charge on any atom is -0.492 e. The first-order valence-electron chi connectivity index (χ1n) is 4.24. The van der Waals surface area contributed by atoms with Crippen molar-refractivity contribution in [3.63, 3.8) is 0 Å². The lowest BCUT2D eigenvalue weighted by Crippen LogP contribution is -1.95.